The lowest BCUT2D eigenvalue weighted by Crippen LogP contribution is -2.46. The second-order valence-electron chi connectivity index (χ2n) is 7.93. The largest absolute Gasteiger partial charge is 0.341 e. The number of hydrogen-bond donors (Lipinski definition) is 0. The van der Waals surface area contributed by atoms with Crippen molar-refractivity contribution in [1.29, 1.82) is 0 Å². The second-order valence-corrected chi connectivity index (χ2v) is 7.93. The van der Waals surface area contributed by atoms with Gasteiger partial charge in [-0.15, -0.1) is 0 Å². The van der Waals surface area contributed by atoms with Crippen LogP contribution >= 0.6 is 0 Å². The number of pyridine rings is 1. The minimum absolute atomic E-state index is 0.0400. The van der Waals surface area contributed by atoms with Gasteiger partial charge >= 0.3 is 0 Å². The molecule has 0 aromatic carbocycles. The first-order valence-corrected chi connectivity index (χ1v) is 9.72. The molecule has 2 fully saturated rings. The average Bonchev–Trinajstić information content (AvgIpc) is 3.41. The van der Waals surface area contributed by atoms with E-state index in [1.54, 1.807) is 22.9 Å². The number of aromatic nitrogens is 1. The van der Waals surface area contributed by atoms with Gasteiger partial charge in [0.2, 0.25) is 5.91 Å². The van der Waals surface area contributed by atoms with E-state index in [-0.39, 0.29) is 11.5 Å². The fourth-order valence-corrected chi connectivity index (χ4v) is 3.80. The summed E-state index contributed by atoms with van der Waals surface area (Å²) >= 11 is 0. The van der Waals surface area contributed by atoms with Gasteiger partial charge in [0.05, 0.1) is 0 Å². The van der Waals surface area contributed by atoms with Crippen molar-refractivity contribution in [2.75, 3.05) is 26.2 Å². The van der Waals surface area contributed by atoms with Crippen LogP contribution in [0.1, 0.15) is 39.5 Å². The van der Waals surface area contributed by atoms with Crippen molar-refractivity contribution in [1.82, 2.24) is 14.4 Å². The highest BCUT2D eigenvalue weighted by Crippen LogP contribution is 2.31. The predicted molar refractivity (Wildman–Crippen MR) is 99.4 cm³/mol. The van der Waals surface area contributed by atoms with Crippen LogP contribution in [0.5, 0.6) is 0 Å². The normalized spacial score (nSPS) is 22.2. The molecule has 1 aromatic heterocycles. The smallest absolute Gasteiger partial charge is 0.250 e. The van der Waals surface area contributed by atoms with Gasteiger partial charge in [0.1, 0.15) is 0 Å². The molecule has 1 aliphatic carbocycles. The molecule has 1 aromatic rings. The molecule has 5 nitrogen and oxygen atoms in total. The summed E-state index contributed by atoms with van der Waals surface area (Å²) in [6, 6.07) is 5.56. The molecule has 25 heavy (non-hydrogen) atoms. The molecule has 1 aliphatic heterocycles. The van der Waals surface area contributed by atoms with Gasteiger partial charge in [0, 0.05) is 57.4 Å². The molecule has 0 bridgehead atoms. The quantitative estimate of drug-likeness (QED) is 0.794. The Morgan fingerprint density at radius 2 is 2.04 bits per heavy atom. The summed E-state index contributed by atoms with van der Waals surface area (Å²) in [5.41, 5.74) is -0.0400. The lowest BCUT2D eigenvalue weighted by Gasteiger charge is -2.34. The van der Waals surface area contributed by atoms with Gasteiger partial charge in [-0.05, 0) is 37.2 Å². The lowest BCUT2D eigenvalue weighted by molar-refractivity contribution is -0.132. The third kappa shape index (κ3) is 4.94. The van der Waals surface area contributed by atoms with Gasteiger partial charge in [-0.1, -0.05) is 19.9 Å². The van der Waals surface area contributed by atoms with Crippen molar-refractivity contribution in [2.24, 2.45) is 11.8 Å². The van der Waals surface area contributed by atoms with Crippen LogP contribution < -0.4 is 5.56 Å². The van der Waals surface area contributed by atoms with E-state index in [4.69, 9.17) is 0 Å². The zero-order valence-corrected chi connectivity index (χ0v) is 15.6. The highest BCUT2D eigenvalue weighted by atomic mass is 16.2. The van der Waals surface area contributed by atoms with E-state index >= 15 is 0 Å². The monoisotopic (exact) mass is 345 g/mol. The topological polar surface area (TPSA) is 45.6 Å². The molecule has 1 saturated carbocycles. The van der Waals surface area contributed by atoms with Crippen molar-refractivity contribution in [3.05, 3.63) is 34.7 Å². The standard InChI is InChI=1S/C20H31N3O2/c1-16(2)18-15-23(12-5-11-22(18)14-17-7-8-17)20(25)9-13-21-10-4-3-6-19(21)24/h3-4,6,10,16-18H,5,7-9,11-15H2,1-2H3. The maximum Gasteiger partial charge on any atom is 0.250 e. The van der Waals surface area contributed by atoms with Gasteiger partial charge in [-0.25, -0.2) is 0 Å². The van der Waals surface area contributed by atoms with E-state index in [0.717, 1.165) is 32.0 Å². The first-order valence-electron chi connectivity index (χ1n) is 9.72. The number of rotatable bonds is 6. The van der Waals surface area contributed by atoms with Gasteiger partial charge in [-0.3, -0.25) is 14.5 Å². The first kappa shape index (κ1) is 18.2. The number of hydrogen-bond acceptors (Lipinski definition) is 3. The van der Waals surface area contributed by atoms with Crippen LogP contribution in [0.25, 0.3) is 0 Å². The SMILES string of the molecule is CC(C)C1CN(C(=O)CCn2ccccc2=O)CCCN1CC1CC1. The number of amides is 1. The summed E-state index contributed by atoms with van der Waals surface area (Å²) in [5.74, 6) is 1.60. The van der Waals surface area contributed by atoms with Gasteiger partial charge in [-0.2, -0.15) is 0 Å². The van der Waals surface area contributed by atoms with Crippen LogP contribution in [0.3, 0.4) is 0 Å². The minimum Gasteiger partial charge on any atom is -0.341 e. The van der Waals surface area contributed by atoms with E-state index in [9.17, 15) is 9.59 Å². The molecule has 1 unspecified atom stereocenters. The summed E-state index contributed by atoms with van der Waals surface area (Å²) < 4.78 is 1.62. The minimum atomic E-state index is -0.0400. The molecule has 3 rings (SSSR count). The van der Waals surface area contributed by atoms with Crippen LogP contribution in [0.15, 0.2) is 29.2 Å². The Labute approximate surface area is 150 Å². The molecule has 1 saturated heterocycles. The number of aryl methyl sites for hydroxylation is 1. The molecule has 1 amide bonds. The van der Waals surface area contributed by atoms with Crippen LogP contribution in [-0.4, -0.2) is 52.5 Å². The number of carbonyl (C=O) groups excluding carboxylic acids is 1. The van der Waals surface area contributed by atoms with Crippen LogP contribution in [0.4, 0.5) is 0 Å². The molecule has 2 heterocycles. The third-order valence-electron chi connectivity index (χ3n) is 5.53. The van der Waals surface area contributed by atoms with Crippen LogP contribution in [-0.2, 0) is 11.3 Å². The Hall–Kier alpha value is -1.62. The summed E-state index contributed by atoms with van der Waals surface area (Å²) in [6.45, 7) is 8.96. The summed E-state index contributed by atoms with van der Waals surface area (Å²) in [4.78, 5) is 29.2. The molecular formula is C20H31N3O2. The Morgan fingerprint density at radius 1 is 1.24 bits per heavy atom. The highest BCUT2D eigenvalue weighted by Gasteiger charge is 2.33. The van der Waals surface area contributed by atoms with Gasteiger partial charge < -0.3 is 9.47 Å². The molecule has 1 atom stereocenters. The average molecular weight is 345 g/mol. The Balaban J connectivity index is 1.59. The van der Waals surface area contributed by atoms with Gasteiger partial charge in [0.15, 0.2) is 0 Å². The fraction of sp³-hybridized carbons (Fsp3) is 0.700. The molecule has 5 heteroatoms. The zero-order chi connectivity index (χ0) is 17.8. The van der Waals surface area contributed by atoms with Crippen molar-refractivity contribution < 1.29 is 4.79 Å². The lowest BCUT2D eigenvalue weighted by atomic mass is 10.0. The van der Waals surface area contributed by atoms with E-state index in [1.807, 2.05) is 11.0 Å². The van der Waals surface area contributed by atoms with E-state index < -0.39 is 0 Å². The Kier molecular flexibility index (Phi) is 5.94. The molecule has 0 radical (unpaired) electrons. The zero-order valence-electron chi connectivity index (χ0n) is 15.6. The molecule has 0 N–H and O–H groups in total. The molecule has 0 spiro atoms. The summed E-state index contributed by atoms with van der Waals surface area (Å²) in [6.07, 6.45) is 5.95. The molecule has 138 valence electrons. The molecular weight excluding hydrogens is 314 g/mol. The third-order valence-corrected chi connectivity index (χ3v) is 5.53. The Morgan fingerprint density at radius 3 is 2.72 bits per heavy atom. The van der Waals surface area contributed by atoms with Crippen molar-refractivity contribution in [2.45, 2.75) is 52.1 Å². The second kappa shape index (κ2) is 8.17. The fourth-order valence-electron chi connectivity index (χ4n) is 3.80. The summed E-state index contributed by atoms with van der Waals surface area (Å²) in [7, 11) is 0. The first-order chi connectivity index (χ1) is 12.0. The maximum atomic E-state index is 12.7. The van der Waals surface area contributed by atoms with Crippen molar-refractivity contribution in [3.63, 3.8) is 0 Å². The van der Waals surface area contributed by atoms with E-state index in [0.29, 0.717) is 24.9 Å². The highest BCUT2D eigenvalue weighted by molar-refractivity contribution is 5.76. The van der Waals surface area contributed by atoms with Crippen molar-refractivity contribution >= 4 is 5.91 Å². The van der Waals surface area contributed by atoms with Crippen molar-refractivity contribution in [3.8, 4) is 0 Å². The summed E-state index contributed by atoms with van der Waals surface area (Å²) in [5, 5.41) is 0. The molecule has 2 aliphatic rings. The Bertz CT molecular complexity index is 636. The maximum absolute atomic E-state index is 12.7. The number of nitrogens with zero attached hydrogens (tertiary/aromatic N) is 3. The van der Waals surface area contributed by atoms with Crippen LogP contribution in [0, 0.1) is 11.8 Å². The predicted octanol–water partition coefficient (Wildman–Crippen LogP) is 2.21. The van der Waals surface area contributed by atoms with E-state index in [1.165, 1.54) is 19.4 Å². The van der Waals surface area contributed by atoms with Gasteiger partial charge in [0.25, 0.3) is 5.56 Å². The number of carbonyl (C=O) groups is 1. The van der Waals surface area contributed by atoms with Crippen LogP contribution in [0.2, 0.25) is 0 Å². The van der Waals surface area contributed by atoms with E-state index in [2.05, 4.69) is 18.7 Å².